The molecule has 0 aliphatic rings. The van der Waals surface area contributed by atoms with Gasteiger partial charge in [0, 0.05) is 11.0 Å². The van der Waals surface area contributed by atoms with Crippen LogP contribution in [-0.4, -0.2) is 45.2 Å². The molecule has 1 unspecified atom stereocenters. The minimum Gasteiger partial charge on any atom is -0.497 e. The Morgan fingerprint density at radius 2 is 1.92 bits per heavy atom. The lowest BCUT2D eigenvalue weighted by Gasteiger charge is -2.25. The maximum absolute atomic E-state index is 13.7. The van der Waals surface area contributed by atoms with Crippen molar-refractivity contribution in [3.63, 3.8) is 0 Å². The molecule has 0 aliphatic carbocycles. The average molecular weight is 425 g/mol. The molecular formula is C19H22BrFN2O3. The van der Waals surface area contributed by atoms with Crippen LogP contribution < -0.4 is 14.8 Å². The monoisotopic (exact) mass is 424 g/mol. The summed E-state index contributed by atoms with van der Waals surface area (Å²) in [5.74, 6) is -0.00728. The SMILES string of the molecule is COc1ccc(C(CNC(=O)COc2ccc(Br)cc2F)N(C)C)cc1. The van der Waals surface area contributed by atoms with Gasteiger partial charge in [-0.25, -0.2) is 4.39 Å². The number of likely N-dealkylation sites (N-methyl/N-ethyl adjacent to an activating group) is 1. The van der Waals surface area contributed by atoms with E-state index < -0.39 is 5.82 Å². The first-order chi connectivity index (χ1) is 12.4. The molecule has 0 saturated heterocycles. The summed E-state index contributed by atoms with van der Waals surface area (Å²) in [4.78, 5) is 14.1. The highest BCUT2D eigenvalue weighted by Crippen LogP contribution is 2.22. The number of amides is 1. The molecule has 7 heteroatoms. The summed E-state index contributed by atoms with van der Waals surface area (Å²) in [6.45, 7) is 0.158. The van der Waals surface area contributed by atoms with Crippen molar-refractivity contribution >= 4 is 21.8 Å². The fourth-order valence-electron chi connectivity index (χ4n) is 2.42. The highest BCUT2D eigenvalue weighted by Gasteiger charge is 2.16. The van der Waals surface area contributed by atoms with Crippen LogP contribution in [0.5, 0.6) is 11.5 Å². The van der Waals surface area contributed by atoms with Gasteiger partial charge in [0.1, 0.15) is 5.75 Å². The average Bonchev–Trinajstić information content (AvgIpc) is 2.61. The zero-order chi connectivity index (χ0) is 19.1. The number of nitrogens with zero attached hydrogens (tertiary/aromatic N) is 1. The molecule has 0 fully saturated rings. The number of benzene rings is 2. The van der Waals surface area contributed by atoms with Gasteiger partial charge >= 0.3 is 0 Å². The first kappa shape index (κ1) is 20.2. The molecule has 140 valence electrons. The van der Waals surface area contributed by atoms with Crippen LogP contribution >= 0.6 is 15.9 Å². The van der Waals surface area contributed by atoms with Gasteiger partial charge in [0.25, 0.3) is 5.91 Å². The Labute approximate surface area is 161 Å². The second-order valence-electron chi connectivity index (χ2n) is 5.92. The Hall–Kier alpha value is -2.12. The van der Waals surface area contributed by atoms with Gasteiger partial charge in [0.2, 0.25) is 0 Å². The van der Waals surface area contributed by atoms with E-state index in [4.69, 9.17) is 9.47 Å². The number of carbonyl (C=O) groups excluding carboxylic acids is 1. The fourth-order valence-corrected chi connectivity index (χ4v) is 2.75. The van der Waals surface area contributed by atoms with Crippen molar-refractivity contribution in [3.05, 3.63) is 58.3 Å². The first-order valence-electron chi connectivity index (χ1n) is 8.05. The first-order valence-corrected chi connectivity index (χ1v) is 8.85. The second-order valence-corrected chi connectivity index (χ2v) is 6.84. The van der Waals surface area contributed by atoms with Crippen LogP contribution in [0.4, 0.5) is 4.39 Å². The molecule has 1 amide bonds. The number of methoxy groups -OCH3 is 1. The number of hydrogen-bond acceptors (Lipinski definition) is 4. The summed E-state index contributed by atoms with van der Waals surface area (Å²) in [7, 11) is 5.50. The highest BCUT2D eigenvalue weighted by atomic mass is 79.9. The molecule has 2 aromatic rings. The van der Waals surface area contributed by atoms with E-state index in [2.05, 4.69) is 21.2 Å². The van der Waals surface area contributed by atoms with Crippen LogP contribution in [0.2, 0.25) is 0 Å². The van der Waals surface area contributed by atoms with Crippen molar-refractivity contribution in [2.75, 3.05) is 34.4 Å². The van der Waals surface area contributed by atoms with Crippen molar-refractivity contribution in [1.82, 2.24) is 10.2 Å². The predicted octanol–water partition coefficient (Wildman–Crippen LogP) is 3.39. The number of ether oxygens (including phenoxy) is 2. The summed E-state index contributed by atoms with van der Waals surface area (Å²) in [5.41, 5.74) is 1.05. The molecule has 0 heterocycles. The van der Waals surface area contributed by atoms with Crippen molar-refractivity contribution in [2.24, 2.45) is 0 Å². The number of rotatable bonds is 8. The summed E-state index contributed by atoms with van der Waals surface area (Å²) in [5, 5.41) is 2.82. The molecule has 2 rings (SSSR count). The van der Waals surface area contributed by atoms with Gasteiger partial charge in [-0.1, -0.05) is 28.1 Å². The molecule has 0 saturated carbocycles. The zero-order valence-electron chi connectivity index (χ0n) is 15.0. The molecule has 0 aromatic heterocycles. The lowest BCUT2D eigenvalue weighted by molar-refractivity contribution is -0.123. The molecule has 2 aromatic carbocycles. The Morgan fingerprint density at radius 1 is 1.23 bits per heavy atom. The fraction of sp³-hybridized carbons (Fsp3) is 0.316. The standard InChI is InChI=1S/C19H22BrFN2O3/c1-23(2)17(13-4-7-15(25-3)8-5-13)11-22-19(24)12-26-18-9-6-14(20)10-16(18)21/h4-10,17H,11-12H2,1-3H3,(H,22,24). The minimum absolute atomic E-state index is 0.00530. The molecule has 26 heavy (non-hydrogen) atoms. The van der Waals surface area contributed by atoms with Crippen molar-refractivity contribution < 1.29 is 18.7 Å². The van der Waals surface area contributed by atoms with Crippen LogP contribution in [0.25, 0.3) is 0 Å². The van der Waals surface area contributed by atoms with Gasteiger partial charge < -0.3 is 19.7 Å². The van der Waals surface area contributed by atoms with Crippen molar-refractivity contribution in [3.8, 4) is 11.5 Å². The largest absolute Gasteiger partial charge is 0.497 e. The smallest absolute Gasteiger partial charge is 0.258 e. The molecule has 0 radical (unpaired) electrons. The van der Waals surface area contributed by atoms with E-state index in [1.54, 1.807) is 13.2 Å². The number of carbonyl (C=O) groups is 1. The van der Waals surface area contributed by atoms with E-state index in [1.807, 2.05) is 43.3 Å². The van der Waals surface area contributed by atoms with Crippen LogP contribution in [-0.2, 0) is 4.79 Å². The van der Waals surface area contributed by atoms with Gasteiger partial charge in [0.15, 0.2) is 18.2 Å². The summed E-state index contributed by atoms with van der Waals surface area (Å²) >= 11 is 3.17. The Kier molecular flexibility index (Phi) is 7.41. The summed E-state index contributed by atoms with van der Waals surface area (Å²) in [6, 6.07) is 12.1. The molecule has 0 spiro atoms. The van der Waals surface area contributed by atoms with E-state index in [0.29, 0.717) is 11.0 Å². The maximum Gasteiger partial charge on any atom is 0.258 e. The molecule has 1 N–H and O–H groups in total. The van der Waals surface area contributed by atoms with Crippen LogP contribution in [0.1, 0.15) is 11.6 Å². The van der Waals surface area contributed by atoms with Crippen molar-refractivity contribution in [2.45, 2.75) is 6.04 Å². The second kappa shape index (κ2) is 9.54. The van der Waals surface area contributed by atoms with Gasteiger partial charge in [0.05, 0.1) is 13.2 Å². The van der Waals surface area contributed by atoms with E-state index in [9.17, 15) is 9.18 Å². The maximum atomic E-state index is 13.7. The third-order valence-corrected chi connectivity index (χ3v) is 4.36. The number of halogens is 2. The highest BCUT2D eigenvalue weighted by molar-refractivity contribution is 9.10. The minimum atomic E-state index is -0.517. The lowest BCUT2D eigenvalue weighted by atomic mass is 10.1. The lowest BCUT2D eigenvalue weighted by Crippen LogP contribution is -2.36. The molecule has 0 bridgehead atoms. The quantitative estimate of drug-likeness (QED) is 0.705. The Morgan fingerprint density at radius 3 is 2.50 bits per heavy atom. The molecule has 5 nitrogen and oxygen atoms in total. The molecule has 1 atom stereocenters. The summed E-state index contributed by atoms with van der Waals surface area (Å²) in [6.07, 6.45) is 0. The van der Waals surface area contributed by atoms with Gasteiger partial charge in [-0.15, -0.1) is 0 Å². The Balaban J connectivity index is 1.90. The molecular weight excluding hydrogens is 403 g/mol. The van der Waals surface area contributed by atoms with Crippen LogP contribution in [0.15, 0.2) is 46.9 Å². The molecule has 0 aliphatic heterocycles. The Bertz CT molecular complexity index is 738. The van der Waals surface area contributed by atoms with Crippen molar-refractivity contribution in [1.29, 1.82) is 0 Å². The van der Waals surface area contributed by atoms with E-state index >= 15 is 0 Å². The van der Waals surface area contributed by atoms with E-state index in [0.717, 1.165) is 11.3 Å². The van der Waals surface area contributed by atoms with Gasteiger partial charge in [-0.05, 0) is 50.0 Å². The van der Waals surface area contributed by atoms with Gasteiger partial charge in [-0.3, -0.25) is 4.79 Å². The van der Waals surface area contributed by atoms with E-state index in [1.165, 1.54) is 12.1 Å². The summed E-state index contributed by atoms with van der Waals surface area (Å²) < 4.78 is 24.7. The van der Waals surface area contributed by atoms with Crippen LogP contribution in [0, 0.1) is 5.82 Å². The normalized spacial score (nSPS) is 11.9. The zero-order valence-corrected chi connectivity index (χ0v) is 16.5. The van der Waals surface area contributed by atoms with Gasteiger partial charge in [-0.2, -0.15) is 0 Å². The predicted molar refractivity (Wildman–Crippen MR) is 102 cm³/mol. The number of hydrogen-bond donors (Lipinski definition) is 1. The number of nitrogens with one attached hydrogen (secondary N) is 1. The topological polar surface area (TPSA) is 50.8 Å². The third-order valence-electron chi connectivity index (χ3n) is 3.87. The van der Waals surface area contributed by atoms with E-state index in [-0.39, 0.29) is 24.3 Å². The van der Waals surface area contributed by atoms with Crippen LogP contribution in [0.3, 0.4) is 0 Å². The third kappa shape index (κ3) is 5.71.